The van der Waals surface area contributed by atoms with Crippen LogP contribution in [0.25, 0.3) is 5.76 Å². The van der Waals surface area contributed by atoms with Gasteiger partial charge in [0.05, 0.1) is 23.6 Å². The van der Waals surface area contributed by atoms with E-state index in [9.17, 15) is 24.8 Å². The third-order valence-electron chi connectivity index (χ3n) is 4.05. The van der Waals surface area contributed by atoms with Gasteiger partial charge in [-0.3, -0.25) is 19.7 Å². The monoisotopic (exact) mass is 354 g/mol. The normalized spacial score (nSPS) is 18.4. The van der Waals surface area contributed by atoms with Crippen molar-refractivity contribution in [2.75, 3.05) is 7.11 Å². The van der Waals surface area contributed by atoms with Crippen molar-refractivity contribution < 1.29 is 24.4 Å². The number of aliphatic hydroxyl groups is 1. The van der Waals surface area contributed by atoms with Crippen molar-refractivity contribution in [2.24, 2.45) is 0 Å². The molecule has 1 amide bonds. The molecule has 0 bridgehead atoms. The Hall–Kier alpha value is -3.68. The molecule has 0 radical (unpaired) electrons. The van der Waals surface area contributed by atoms with Gasteiger partial charge in [0.2, 0.25) is 0 Å². The van der Waals surface area contributed by atoms with E-state index < -0.39 is 22.7 Å². The Bertz CT molecular complexity index is 933. The summed E-state index contributed by atoms with van der Waals surface area (Å²) in [5.41, 5.74) is 0.314. The average Bonchev–Trinajstić information content (AvgIpc) is 2.96. The molecule has 1 aliphatic heterocycles. The predicted octanol–water partition coefficient (Wildman–Crippen LogP) is 2.31. The largest absolute Gasteiger partial charge is 0.507 e. The minimum Gasteiger partial charge on any atom is -0.507 e. The van der Waals surface area contributed by atoms with Crippen molar-refractivity contribution in [3.63, 3.8) is 0 Å². The smallest absolute Gasteiger partial charge is 0.293 e. The van der Waals surface area contributed by atoms with E-state index in [1.165, 1.54) is 31.4 Å². The van der Waals surface area contributed by atoms with Crippen LogP contribution in [0.5, 0.6) is 5.75 Å². The van der Waals surface area contributed by atoms with Gasteiger partial charge in [0.15, 0.2) is 0 Å². The second-order valence-electron chi connectivity index (χ2n) is 5.58. The molecule has 0 aliphatic carbocycles. The molecule has 3 rings (SSSR count). The molecule has 2 aromatic carbocycles. The molecule has 0 saturated carbocycles. The molecule has 0 unspecified atom stereocenters. The third kappa shape index (κ3) is 3.00. The fourth-order valence-electron chi connectivity index (χ4n) is 2.74. The number of ketones is 1. The topological polar surface area (TPSA) is 119 Å². The standard InChI is InChI=1S/C18H14N2O6/c1-26-13-7-5-10(6-8-13)16(21)14-15(19-18(23)17(14)22)11-3-2-4-12(9-11)20(24)25/h2-9,15,21H,1H3,(H,19,23)/b16-14+/t15-/m1/s1. The Morgan fingerprint density at radius 3 is 2.50 bits per heavy atom. The number of nitrogens with zero attached hydrogens (tertiary/aromatic N) is 1. The lowest BCUT2D eigenvalue weighted by molar-refractivity contribution is -0.384. The molecule has 26 heavy (non-hydrogen) atoms. The summed E-state index contributed by atoms with van der Waals surface area (Å²) in [6.45, 7) is 0. The molecule has 0 aromatic heterocycles. The van der Waals surface area contributed by atoms with Gasteiger partial charge in [-0.15, -0.1) is 0 Å². The number of aliphatic hydroxyl groups excluding tert-OH is 1. The predicted molar refractivity (Wildman–Crippen MR) is 91.5 cm³/mol. The Balaban J connectivity index is 2.09. The van der Waals surface area contributed by atoms with Gasteiger partial charge in [-0.25, -0.2) is 0 Å². The summed E-state index contributed by atoms with van der Waals surface area (Å²) < 4.78 is 5.04. The lowest BCUT2D eigenvalue weighted by atomic mass is 9.95. The minimum atomic E-state index is -0.975. The summed E-state index contributed by atoms with van der Waals surface area (Å²) in [6, 6.07) is 10.9. The summed E-state index contributed by atoms with van der Waals surface area (Å²) in [7, 11) is 1.49. The van der Waals surface area contributed by atoms with Gasteiger partial charge in [-0.2, -0.15) is 0 Å². The van der Waals surface area contributed by atoms with Crippen molar-refractivity contribution in [3.05, 3.63) is 75.3 Å². The average molecular weight is 354 g/mol. The maximum Gasteiger partial charge on any atom is 0.293 e. The number of Topliss-reactive ketones (excluding diaryl/α,β-unsaturated/α-hetero) is 1. The third-order valence-corrected chi connectivity index (χ3v) is 4.05. The van der Waals surface area contributed by atoms with Crippen molar-refractivity contribution in [2.45, 2.75) is 6.04 Å². The first-order chi connectivity index (χ1) is 12.4. The molecule has 8 heteroatoms. The van der Waals surface area contributed by atoms with Gasteiger partial charge >= 0.3 is 0 Å². The van der Waals surface area contributed by atoms with E-state index in [0.717, 1.165) is 0 Å². The molecule has 2 aromatic rings. The van der Waals surface area contributed by atoms with Gasteiger partial charge in [-0.1, -0.05) is 12.1 Å². The number of benzene rings is 2. The van der Waals surface area contributed by atoms with Gasteiger partial charge < -0.3 is 15.2 Å². The highest BCUT2D eigenvalue weighted by Gasteiger charge is 2.39. The Kier molecular flexibility index (Phi) is 4.40. The summed E-state index contributed by atoms with van der Waals surface area (Å²) >= 11 is 0. The lowest BCUT2D eigenvalue weighted by Gasteiger charge is -2.13. The fraction of sp³-hybridized carbons (Fsp3) is 0.111. The maximum absolute atomic E-state index is 12.3. The number of ether oxygens (including phenoxy) is 1. The first-order valence-corrected chi connectivity index (χ1v) is 7.59. The highest BCUT2D eigenvalue weighted by molar-refractivity contribution is 6.46. The number of amides is 1. The van der Waals surface area contributed by atoms with E-state index in [1.54, 1.807) is 24.3 Å². The lowest BCUT2D eigenvalue weighted by Crippen LogP contribution is -2.21. The second kappa shape index (κ2) is 6.67. The summed E-state index contributed by atoms with van der Waals surface area (Å²) in [4.78, 5) is 34.5. The summed E-state index contributed by atoms with van der Waals surface area (Å²) in [5, 5.41) is 24.0. The van der Waals surface area contributed by atoms with Crippen LogP contribution in [-0.4, -0.2) is 28.8 Å². The molecule has 0 spiro atoms. The number of nitro benzene ring substituents is 1. The van der Waals surface area contributed by atoms with E-state index in [0.29, 0.717) is 16.9 Å². The van der Waals surface area contributed by atoms with Crippen molar-refractivity contribution in [1.29, 1.82) is 0 Å². The first-order valence-electron chi connectivity index (χ1n) is 7.59. The zero-order valence-corrected chi connectivity index (χ0v) is 13.6. The van der Waals surface area contributed by atoms with Gasteiger partial charge in [0, 0.05) is 17.7 Å². The van der Waals surface area contributed by atoms with Gasteiger partial charge in [-0.05, 0) is 29.8 Å². The molecule has 1 atom stereocenters. The van der Waals surface area contributed by atoms with Gasteiger partial charge in [0.1, 0.15) is 11.5 Å². The second-order valence-corrected chi connectivity index (χ2v) is 5.58. The minimum absolute atomic E-state index is 0.152. The zero-order valence-electron chi connectivity index (χ0n) is 13.6. The molecule has 2 N–H and O–H groups in total. The van der Waals surface area contributed by atoms with Crippen LogP contribution in [0.15, 0.2) is 54.1 Å². The van der Waals surface area contributed by atoms with Crippen LogP contribution in [0.3, 0.4) is 0 Å². The number of hydrogen-bond donors (Lipinski definition) is 2. The molecule has 1 fully saturated rings. The molecule has 1 aliphatic rings. The molecule has 1 heterocycles. The van der Waals surface area contributed by atoms with Gasteiger partial charge in [0.25, 0.3) is 17.4 Å². The summed E-state index contributed by atoms with van der Waals surface area (Å²) in [6.07, 6.45) is 0. The van der Waals surface area contributed by atoms with E-state index in [2.05, 4.69) is 5.32 Å². The quantitative estimate of drug-likeness (QED) is 0.286. The Labute approximate surface area is 147 Å². The van der Waals surface area contributed by atoms with E-state index in [4.69, 9.17) is 4.74 Å². The van der Waals surface area contributed by atoms with Crippen LogP contribution >= 0.6 is 0 Å². The number of non-ortho nitro benzene ring substituents is 1. The Morgan fingerprint density at radius 1 is 1.19 bits per heavy atom. The van der Waals surface area contributed by atoms with Crippen molar-refractivity contribution >= 4 is 23.1 Å². The molecule has 8 nitrogen and oxygen atoms in total. The van der Waals surface area contributed by atoms with E-state index in [1.807, 2.05) is 0 Å². The number of rotatable bonds is 4. The highest BCUT2D eigenvalue weighted by Crippen LogP contribution is 2.34. The fourth-order valence-corrected chi connectivity index (χ4v) is 2.74. The van der Waals surface area contributed by atoms with Crippen LogP contribution in [-0.2, 0) is 9.59 Å². The van der Waals surface area contributed by atoms with Crippen LogP contribution in [0, 0.1) is 10.1 Å². The van der Waals surface area contributed by atoms with E-state index in [-0.39, 0.29) is 17.0 Å². The molecular weight excluding hydrogens is 340 g/mol. The number of carbonyl (C=O) groups excluding carboxylic acids is 2. The highest BCUT2D eigenvalue weighted by atomic mass is 16.6. The summed E-state index contributed by atoms with van der Waals surface area (Å²) in [5.74, 6) is -1.56. The number of hydrogen-bond acceptors (Lipinski definition) is 6. The molecule has 132 valence electrons. The molecular formula is C18H14N2O6. The van der Waals surface area contributed by atoms with E-state index >= 15 is 0 Å². The van der Waals surface area contributed by atoms with Crippen LogP contribution < -0.4 is 10.1 Å². The number of nitro groups is 1. The Morgan fingerprint density at radius 2 is 1.88 bits per heavy atom. The van der Waals surface area contributed by atoms with Crippen LogP contribution in [0.2, 0.25) is 0 Å². The SMILES string of the molecule is COc1ccc(/C(O)=C2\C(=O)C(=O)N[C@@H]2c2cccc([N+](=O)[O-])c2)cc1. The van der Waals surface area contributed by atoms with Crippen molar-refractivity contribution in [1.82, 2.24) is 5.32 Å². The van der Waals surface area contributed by atoms with Crippen LogP contribution in [0.4, 0.5) is 5.69 Å². The zero-order chi connectivity index (χ0) is 18.8. The maximum atomic E-state index is 12.3. The molecule has 1 saturated heterocycles. The number of nitrogens with one attached hydrogen (secondary N) is 1. The van der Waals surface area contributed by atoms with Crippen LogP contribution in [0.1, 0.15) is 17.2 Å². The number of methoxy groups -OCH3 is 1. The number of carbonyl (C=O) groups is 2. The van der Waals surface area contributed by atoms with Crippen molar-refractivity contribution in [3.8, 4) is 5.75 Å². The first kappa shape index (κ1) is 17.2.